The quantitative estimate of drug-likeness (QED) is 0.823. The molecule has 0 amide bonds. The van der Waals surface area contributed by atoms with Crippen LogP contribution in [0.15, 0.2) is 36.2 Å². The molecule has 0 aliphatic carbocycles. The Kier molecular flexibility index (Phi) is 4.81. The summed E-state index contributed by atoms with van der Waals surface area (Å²) in [6.07, 6.45) is -3.09. The third kappa shape index (κ3) is 4.92. The fraction of sp³-hybridized carbons (Fsp3) is 0.308. The van der Waals surface area contributed by atoms with E-state index in [-0.39, 0.29) is 6.04 Å². The lowest BCUT2D eigenvalue weighted by Crippen LogP contribution is -2.26. The maximum Gasteiger partial charge on any atom is 0.416 e. The molecule has 3 nitrogen and oxygen atoms in total. The second-order valence-corrected chi connectivity index (χ2v) is 4.19. The number of nitriles is 1. The highest BCUT2D eigenvalue weighted by atomic mass is 19.4. The Bertz CT molecular complexity index is 481. The van der Waals surface area contributed by atoms with Gasteiger partial charge in [0.25, 0.3) is 0 Å². The fourth-order valence-electron chi connectivity index (χ4n) is 1.39. The van der Waals surface area contributed by atoms with Crippen LogP contribution in [-0.2, 0) is 6.18 Å². The molecule has 0 aliphatic heterocycles. The lowest BCUT2D eigenvalue weighted by Gasteiger charge is -2.15. The molecule has 0 unspecified atom stereocenters. The van der Waals surface area contributed by atoms with Crippen LogP contribution in [0.4, 0.5) is 18.9 Å². The number of anilines is 1. The third-order valence-electron chi connectivity index (χ3n) is 2.14. The number of halogens is 3. The van der Waals surface area contributed by atoms with Crippen molar-refractivity contribution >= 4 is 5.69 Å². The molecular formula is C13H14F3N3. The van der Waals surface area contributed by atoms with Gasteiger partial charge >= 0.3 is 6.18 Å². The van der Waals surface area contributed by atoms with Crippen LogP contribution in [0, 0.1) is 11.3 Å². The third-order valence-corrected chi connectivity index (χ3v) is 2.14. The summed E-state index contributed by atoms with van der Waals surface area (Å²) in [6, 6.07) is 6.57. The number of nitrogens with zero attached hydrogens (tertiary/aromatic N) is 1. The van der Waals surface area contributed by atoms with E-state index in [4.69, 9.17) is 5.26 Å². The van der Waals surface area contributed by atoms with Crippen molar-refractivity contribution in [3.8, 4) is 6.07 Å². The molecule has 2 N–H and O–H groups in total. The molecule has 0 atom stereocenters. The van der Waals surface area contributed by atoms with Gasteiger partial charge in [0.1, 0.15) is 5.82 Å². The number of rotatable bonds is 4. The van der Waals surface area contributed by atoms with E-state index in [9.17, 15) is 13.2 Å². The Morgan fingerprint density at radius 3 is 2.26 bits per heavy atom. The zero-order valence-corrected chi connectivity index (χ0v) is 10.5. The monoisotopic (exact) mass is 269 g/mol. The summed E-state index contributed by atoms with van der Waals surface area (Å²) in [5, 5.41) is 14.5. The lowest BCUT2D eigenvalue weighted by atomic mass is 10.2. The molecule has 1 aromatic rings. The van der Waals surface area contributed by atoms with Gasteiger partial charge in [-0.3, -0.25) is 0 Å². The zero-order valence-electron chi connectivity index (χ0n) is 10.5. The van der Waals surface area contributed by atoms with Crippen LogP contribution in [0.5, 0.6) is 0 Å². The molecule has 0 spiro atoms. The highest BCUT2D eigenvalue weighted by Crippen LogP contribution is 2.29. The Morgan fingerprint density at radius 1 is 1.26 bits per heavy atom. The summed E-state index contributed by atoms with van der Waals surface area (Å²) in [5.74, 6) is 0.442. The number of hydrogen-bond acceptors (Lipinski definition) is 3. The van der Waals surface area contributed by atoms with Gasteiger partial charge in [0.2, 0.25) is 0 Å². The van der Waals surface area contributed by atoms with E-state index in [0.29, 0.717) is 11.5 Å². The van der Waals surface area contributed by atoms with Gasteiger partial charge in [-0.1, -0.05) is 0 Å². The van der Waals surface area contributed by atoms with Crippen LogP contribution in [-0.4, -0.2) is 6.04 Å². The Morgan fingerprint density at radius 2 is 1.84 bits per heavy atom. The smallest absolute Gasteiger partial charge is 0.369 e. The van der Waals surface area contributed by atoms with Crippen molar-refractivity contribution in [1.29, 1.82) is 5.26 Å². The number of benzene rings is 1. The van der Waals surface area contributed by atoms with Crippen LogP contribution in [0.25, 0.3) is 0 Å². The predicted molar refractivity (Wildman–Crippen MR) is 67.0 cm³/mol. The van der Waals surface area contributed by atoms with Crippen LogP contribution in [0.2, 0.25) is 0 Å². The van der Waals surface area contributed by atoms with Crippen LogP contribution >= 0.6 is 0 Å². The van der Waals surface area contributed by atoms with Gasteiger partial charge in [0.15, 0.2) is 0 Å². The van der Waals surface area contributed by atoms with E-state index >= 15 is 0 Å². The molecule has 6 heteroatoms. The molecule has 102 valence electrons. The largest absolute Gasteiger partial charge is 0.416 e. The van der Waals surface area contributed by atoms with E-state index < -0.39 is 11.7 Å². The summed E-state index contributed by atoms with van der Waals surface area (Å²) in [7, 11) is 0. The molecule has 0 radical (unpaired) electrons. The Labute approximate surface area is 109 Å². The minimum Gasteiger partial charge on any atom is -0.369 e. The average Bonchev–Trinajstić information content (AvgIpc) is 2.28. The van der Waals surface area contributed by atoms with Crippen LogP contribution in [0.1, 0.15) is 19.4 Å². The van der Waals surface area contributed by atoms with Gasteiger partial charge in [0, 0.05) is 11.7 Å². The highest BCUT2D eigenvalue weighted by molar-refractivity contribution is 5.50. The molecule has 0 aliphatic rings. The fourth-order valence-corrected chi connectivity index (χ4v) is 1.39. The van der Waals surface area contributed by atoms with Crippen molar-refractivity contribution in [2.24, 2.45) is 0 Å². The van der Waals surface area contributed by atoms with E-state index in [2.05, 4.69) is 10.6 Å². The molecule has 0 saturated heterocycles. The highest BCUT2D eigenvalue weighted by Gasteiger charge is 2.29. The van der Waals surface area contributed by atoms with Gasteiger partial charge < -0.3 is 10.6 Å². The topological polar surface area (TPSA) is 47.9 Å². The molecule has 0 aromatic heterocycles. The average molecular weight is 269 g/mol. The lowest BCUT2D eigenvalue weighted by molar-refractivity contribution is -0.137. The number of allylic oxidation sites excluding steroid dienone is 1. The standard InChI is InChI=1S/C13H14F3N3/c1-9(2)18-12(7-8-17)19-11-5-3-10(4-6-11)13(14,15)16/h3-7,9,18-19H,1-2H3/b12-7-. The van der Waals surface area contributed by atoms with Gasteiger partial charge in [-0.25, -0.2) is 0 Å². The van der Waals surface area contributed by atoms with Crippen molar-refractivity contribution in [1.82, 2.24) is 5.32 Å². The predicted octanol–water partition coefficient (Wildman–Crippen LogP) is 3.48. The minimum atomic E-state index is -4.35. The second-order valence-electron chi connectivity index (χ2n) is 4.19. The SMILES string of the molecule is CC(C)N/C(=C/C#N)Nc1ccc(C(F)(F)F)cc1. The van der Waals surface area contributed by atoms with Crippen LogP contribution in [0.3, 0.4) is 0 Å². The van der Waals surface area contributed by atoms with E-state index in [1.165, 1.54) is 18.2 Å². The molecule has 0 heterocycles. The number of nitrogens with one attached hydrogen (secondary N) is 2. The number of hydrogen-bond donors (Lipinski definition) is 2. The van der Waals surface area contributed by atoms with Crippen molar-refractivity contribution < 1.29 is 13.2 Å². The molecular weight excluding hydrogens is 255 g/mol. The van der Waals surface area contributed by atoms with E-state index in [1.54, 1.807) is 0 Å². The molecule has 1 aromatic carbocycles. The van der Waals surface area contributed by atoms with E-state index in [1.807, 2.05) is 19.9 Å². The summed E-state index contributed by atoms with van der Waals surface area (Å²) >= 11 is 0. The van der Waals surface area contributed by atoms with Gasteiger partial charge in [-0.2, -0.15) is 18.4 Å². The molecule has 0 bridgehead atoms. The van der Waals surface area contributed by atoms with Gasteiger partial charge in [0.05, 0.1) is 17.7 Å². The first-order valence-corrected chi connectivity index (χ1v) is 5.63. The maximum absolute atomic E-state index is 12.4. The summed E-state index contributed by atoms with van der Waals surface area (Å²) < 4.78 is 37.2. The molecule has 0 fully saturated rings. The van der Waals surface area contributed by atoms with Crippen molar-refractivity contribution in [3.05, 3.63) is 41.7 Å². The Hall–Kier alpha value is -2.16. The van der Waals surface area contributed by atoms with Gasteiger partial charge in [-0.05, 0) is 38.1 Å². The van der Waals surface area contributed by atoms with E-state index in [0.717, 1.165) is 12.1 Å². The second kappa shape index (κ2) is 6.14. The first-order valence-electron chi connectivity index (χ1n) is 5.63. The first kappa shape index (κ1) is 14.9. The van der Waals surface area contributed by atoms with Crippen molar-refractivity contribution in [3.63, 3.8) is 0 Å². The summed E-state index contributed by atoms with van der Waals surface area (Å²) in [6.45, 7) is 3.78. The molecule has 0 saturated carbocycles. The van der Waals surface area contributed by atoms with Crippen LogP contribution < -0.4 is 10.6 Å². The van der Waals surface area contributed by atoms with Crippen molar-refractivity contribution in [2.45, 2.75) is 26.1 Å². The molecule has 19 heavy (non-hydrogen) atoms. The number of alkyl halides is 3. The summed E-state index contributed by atoms with van der Waals surface area (Å²) in [4.78, 5) is 0. The van der Waals surface area contributed by atoms with Crippen molar-refractivity contribution in [2.75, 3.05) is 5.32 Å². The summed E-state index contributed by atoms with van der Waals surface area (Å²) in [5.41, 5.74) is -0.233. The first-order chi connectivity index (χ1) is 8.82. The Balaban J connectivity index is 2.82. The van der Waals surface area contributed by atoms with Gasteiger partial charge in [-0.15, -0.1) is 0 Å². The zero-order chi connectivity index (χ0) is 14.5. The maximum atomic E-state index is 12.4. The molecule has 1 rings (SSSR count). The minimum absolute atomic E-state index is 0.0987. The normalized spacial score (nSPS) is 12.2.